The Hall–Kier alpha value is -0.725. The van der Waals surface area contributed by atoms with E-state index >= 15 is 0 Å². The predicted octanol–water partition coefficient (Wildman–Crippen LogP) is 0.895. The van der Waals surface area contributed by atoms with E-state index in [4.69, 9.17) is 4.65 Å². The van der Waals surface area contributed by atoms with Crippen LogP contribution in [0, 0.1) is 0 Å². The third-order valence-corrected chi connectivity index (χ3v) is 0.726. The fraction of sp³-hybridized carbons (Fsp3) is 0.500. The summed E-state index contributed by atoms with van der Waals surface area (Å²) in [6.07, 6.45) is 1.17. The quantitative estimate of drug-likeness (QED) is 0.414. The summed E-state index contributed by atoms with van der Waals surface area (Å²) < 4.78 is 4.70. The predicted molar refractivity (Wildman–Crippen MR) is 38.5 cm³/mol. The van der Waals surface area contributed by atoms with Gasteiger partial charge in [-0.3, -0.25) is 0 Å². The van der Waals surface area contributed by atoms with Crippen molar-refractivity contribution in [3.63, 3.8) is 0 Å². The second-order valence-corrected chi connectivity index (χ2v) is 2.23. The molecule has 0 saturated carbocycles. The Labute approximate surface area is 56.2 Å². The van der Waals surface area contributed by atoms with Crippen molar-refractivity contribution >= 4 is 13.5 Å². The van der Waals surface area contributed by atoms with E-state index in [9.17, 15) is 4.79 Å². The second kappa shape index (κ2) is 4.18. The summed E-state index contributed by atoms with van der Waals surface area (Å²) in [5.74, 6) is 0.0533. The van der Waals surface area contributed by atoms with Gasteiger partial charge in [-0.15, -0.1) is 0 Å². The lowest BCUT2D eigenvalue weighted by Crippen LogP contribution is -2.07. The minimum absolute atomic E-state index is 0.344. The first-order chi connectivity index (χ1) is 4.16. The molecule has 0 saturated heterocycles. The summed E-state index contributed by atoms with van der Waals surface area (Å²) in [6, 6.07) is 0. The Kier molecular flexibility index (Phi) is 3.85. The first-order valence-electron chi connectivity index (χ1n) is 2.96. The first-order valence-corrected chi connectivity index (χ1v) is 2.96. The zero-order valence-electron chi connectivity index (χ0n) is 5.89. The molecule has 0 heterocycles. The molecule has 0 N–H and O–H groups in total. The highest BCUT2D eigenvalue weighted by Crippen LogP contribution is 1.96. The highest BCUT2D eigenvalue weighted by atomic mass is 16.5. The average Bonchev–Trinajstić information content (AvgIpc) is 1.83. The summed E-state index contributed by atoms with van der Waals surface area (Å²) in [6.45, 7) is 7.23. The Bertz CT molecular complexity index is 110. The van der Waals surface area contributed by atoms with Crippen LogP contribution >= 0.6 is 0 Å². The van der Waals surface area contributed by atoms with Gasteiger partial charge >= 0.3 is 13.5 Å². The molecular formula is C6H11BO2. The molecule has 0 aliphatic heterocycles. The Balaban J connectivity index is 3.27. The summed E-state index contributed by atoms with van der Waals surface area (Å²) in [4.78, 5) is 10.4. The van der Waals surface area contributed by atoms with Crippen molar-refractivity contribution in [2.75, 3.05) is 0 Å². The van der Waals surface area contributed by atoms with Crippen LogP contribution in [0.3, 0.4) is 0 Å². The van der Waals surface area contributed by atoms with E-state index in [0.717, 1.165) is 0 Å². The van der Waals surface area contributed by atoms with Crippen molar-refractivity contribution in [1.82, 2.24) is 0 Å². The molecule has 0 unspecified atom stereocenters. The van der Waals surface area contributed by atoms with Crippen molar-refractivity contribution in [3.8, 4) is 0 Å². The first kappa shape index (κ1) is 8.27. The molecule has 0 aromatic rings. The maximum atomic E-state index is 10.4. The van der Waals surface area contributed by atoms with E-state index in [2.05, 4.69) is 6.58 Å². The van der Waals surface area contributed by atoms with Gasteiger partial charge in [-0.05, 0) is 5.82 Å². The molecule has 0 radical (unpaired) electrons. The van der Waals surface area contributed by atoms with E-state index in [0.29, 0.717) is 13.3 Å². The smallest absolute Gasteiger partial charge is 0.346 e. The van der Waals surface area contributed by atoms with Crippen LogP contribution in [-0.4, -0.2) is 13.5 Å². The molecule has 9 heavy (non-hydrogen) atoms. The topological polar surface area (TPSA) is 26.3 Å². The van der Waals surface area contributed by atoms with Crippen LogP contribution in [0.15, 0.2) is 12.7 Å². The molecule has 0 spiro atoms. The largest absolute Gasteiger partial charge is 0.537 e. The maximum Gasteiger partial charge on any atom is 0.346 e. The van der Waals surface area contributed by atoms with Crippen molar-refractivity contribution in [2.45, 2.75) is 19.7 Å². The number of rotatable bonds is 3. The Morgan fingerprint density at radius 2 is 2.33 bits per heavy atom. The van der Waals surface area contributed by atoms with E-state index in [1.54, 1.807) is 0 Å². The van der Waals surface area contributed by atoms with Crippen LogP contribution in [0.2, 0.25) is 5.82 Å². The van der Waals surface area contributed by atoms with Gasteiger partial charge in [0.05, 0.1) is 0 Å². The third kappa shape index (κ3) is 5.14. The number of hydrogen-bond acceptors (Lipinski definition) is 2. The second-order valence-electron chi connectivity index (χ2n) is 2.23. The Morgan fingerprint density at radius 3 is 2.67 bits per heavy atom. The molecular weight excluding hydrogens is 115 g/mol. The molecule has 0 amide bonds. The number of hydrogen-bond donors (Lipinski definition) is 0. The van der Waals surface area contributed by atoms with Crippen molar-refractivity contribution in [3.05, 3.63) is 12.7 Å². The van der Waals surface area contributed by atoms with Crippen LogP contribution in [0.1, 0.15) is 13.8 Å². The fourth-order valence-electron chi connectivity index (χ4n) is 0.308. The normalized spacial score (nSPS) is 8.78. The summed E-state index contributed by atoms with van der Waals surface area (Å²) >= 11 is 0. The molecule has 3 heteroatoms. The monoisotopic (exact) mass is 126 g/mol. The lowest BCUT2D eigenvalue weighted by Gasteiger charge is -2.00. The van der Waals surface area contributed by atoms with Gasteiger partial charge in [0.2, 0.25) is 0 Å². The van der Waals surface area contributed by atoms with Gasteiger partial charge in [0.15, 0.2) is 0 Å². The van der Waals surface area contributed by atoms with E-state index in [-0.39, 0.29) is 5.97 Å². The molecule has 0 fully saturated rings. The zero-order chi connectivity index (χ0) is 7.28. The molecule has 0 rings (SSSR count). The van der Waals surface area contributed by atoms with Crippen LogP contribution in [0.4, 0.5) is 0 Å². The van der Waals surface area contributed by atoms with Gasteiger partial charge in [-0.25, -0.2) is 4.79 Å². The highest BCUT2D eigenvalue weighted by molar-refractivity contribution is 6.32. The minimum atomic E-state index is -0.344. The van der Waals surface area contributed by atoms with Crippen LogP contribution in [0.25, 0.3) is 0 Å². The van der Waals surface area contributed by atoms with Crippen molar-refractivity contribution < 1.29 is 9.45 Å². The van der Waals surface area contributed by atoms with E-state index < -0.39 is 0 Å². The molecule has 0 aromatic heterocycles. The van der Waals surface area contributed by atoms with Crippen molar-refractivity contribution in [1.29, 1.82) is 0 Å². The average molecular weight is 126 g/mol. The summed E-state index contributed by atoms with van der Waals surface area (Å²) in [5.41, 5.74) is 0. The molecule has 2 nitrogen and oxygen atoms in total. The van der Waals surface area contributed by atoms with Gasteiger partial charge in [-0.2, -0.15) is 0 Å². The zero-order valence-corrected chi connectivity index (χ0v) is 5.89. The highest BCUT2D eigenvalue weighted by Gasteiger charge is 2.00. The van der Waals surface area contributed by atoms with Gasteiger partial charge < -0.3 is 4.65 Å². The number of carbonyl (C=O) groups excluding carboxylic acids is 1. The third-order valence-electron chi connectivity index (χ3n) is 0.726. The molecule has 0 aromatic carbocycles. The van der Waals surface area contributed by atoms with Gasteiger partial charge in [0, 0.05) is 6.08 Å². The number of carbonyl (C=O) groups is 1. The van der Waals surface area contributed by atoms with Crippen molar-refractivity contribution in [2.24, 2.45) is 0 Å². The van der Waals surface area contributed by atoms with Crippen LogP contribution in [0.5, 0.6) is 0 Å². The van der Waals surface area contributed by atoms with Crippen LogP contribution in [-0.2, 0) is 9.45 Å². The van der Waals surface area contributed by atoms with Gasteiger partial charge in [0.25, 0.3) is 0 Å². The molecule has 0 atom stereocenters. The molecule has 0 aliphatic carbocycles. The standard InChI is InChI=1S/C6H11BO2/c1-4-6(8)9-7-5(2)3/h4-5,7H,1H2,2-3H3. The van der Waals surface area contributed by atoms with E-state index in [1.165, 1.54) is 6.08 Å². The van der Waals surface area contributed by atoms with E-state index in [1.807, 2.05) is 13.8 Å². The molecule has 0 aliphatic rings. The molecule has 50 valence electrons. The van der Waals surface area contributed by atoms with Gasteiger partial charge in [0.1, 0.15) is 0 Å². The van der Waals surface area contributed by atoms with Gasteiger partial charge in [-0.1, -0.05) is 20.4 Å². The SMILES string of the molecule is C=CC(=O)OBC(C)C. The summed E-state index contributed by atoms with van der Waals surface area (Å²) in [7, 11) is 0.477. The lowest BCUT2D eigenvalue weighted by molar-refractivity contribution is -0.129. The fourth-order valence-corrected chi connectivity index (χ4v) is 0.308. The maximum absolute atomic E-state index is 10.4. The summed E-state index contributed by atoms with van der Waals surface area (Å²) in [5, 5.41) is 0. The molecule has 0 bridgehead atoms. The Morgan fingerprint density at radius 1 is 1.78 bits per heavy atom. The lowest BCUT2D eigenvalue weighted by atomic mass is 9.84. The minimum Gasteiger partial charge on any atom is -0.537 e. The van der Waals surface area contributed by atoms with Crippen LogP contribution < -0.4 is 0 Å².